The highest BCUT2D eigenvalue weighted by Crippen LogP contribution is 2.37. The maximum absolute atomic E-state index is 11.7. The van der Waals surface area contributed by atoms with Crippen LogP contribution in [0, 0.1) is 0 Å². The molecule has 122 valence electrons. The first kappa shape index (κ1) is 16.7. The van der Waals surface area contributed by atoms with Crippen molar-refractivity contribution in [1.29, 1.82) is 0 Å². The summed E-state index contributed by atoms with van der Waals surface area (Å²) in [7, 11) is -4.57. The quantitative estimate of drug-likeness (QED) is 0.479. The van der Waals surface area contributed by atoms with Crippen LogP contribution in [0.4, 0.5) is 5.69 Å². The summed E-state index contributed by atoms with van der Waals surface area (Å²) in [6, 6.07) is 6.78. The van der Waals surface area contributed by atoms with Crippen molar-refractivity contribution in [2.45, 2.75) is 17.7 Å². The van der Waals surface area contributed by atoms with Gasteiger partial charge in [0.1, 0.15) is 10.6 Å². The number of carbonyl (C=O) groups excluding carboxylic acids is 1. The molecule has 0 bridgehead atoms. The fraction of sp³-hybridized carbons (Fsp3) is 0.143. The van der Waals surface area contributed by atoms with E-state index in [1.165, 1.54) is 18.2 Å². The van der Waals surface area contributed by atoms with Crippen LogP contribution in [-0.4, -0.2) is 35.1 Å². The molecule has 0 heterocycles. The van der Waals surface area contributed by atoms with E-state index >= 15 is 0 Å². The number of anilines is 1. The Kier molecular flexibility index (Phi) is 4.52. The summed E-state index contributed by atoms with van der Waals surface area (Å²) >= 11 is 0. The van der Waals surface area contributed by atoms with Crippen LogP contribution in [0.5, 0.6) is 5.75 Å². The number of benzene rings is 2. The second kappa shape index (κ2) is 6.23. The number of fused-ring (bicyclic) bond motifs is 1. The van der Waals surface area contributed by atoms with Crippen molar-refractivity contribution in [1.82, 2.24) is 0 Å². The minimum atomic E-state index is -4.57. The second-order valence-electron chi connectivity index (χ2n) is 4.73. The van der Waals surface area contributed by atoms with Crippen molar-refractivity contribution in [3.05, 3.63) is 30.3 Å². The molecule has 0 aliphatic heterocycles. The molecule has 4 N–H and O–H groups in total. The first-order valence-electron chi connectivity index (χ1n) is 6.44. The number of carbonyl (C=O) groups is 2. The molecule has 0 atom stereocenters. The highest BCUT2D eigenvalue weighted by atomic mass is 32.2. The Labute approximate surface area is 131 Å². The first-order chi connectivity index (χ1) is 10.7. The maximum atomic E-state index is 11.7. The Morgan fingerprint density at radius 2 is 1.70 bits per heavy atom. The van der Waals surface area contributed by atoms with Gasteiger partial charge in [-0.05, 0) is 0 Å². The molecule has 9 heteroatoms. The molecule has 1 amide bonds. The fourth-order valence-electron chi connectivity index (χ4n) is 2.10. The number of phenols is 1. The van der Waals surface area contributed by atoms with E-state index in [0.717, 1.165) is 6.07 Å². The third-order valence-corrected chi connectivity index (χ3v) is 3.99. The minimum Gasteiger partial charge on any atom is -0.506 e. The Hall–Kier alpha value is -2.65. The highest BCUT2D eigenvalue weighted by molar-refractivity contribution is 7.86. The van der Waals surface area contributed by atoms with Crippen molar-refractivity contribution in [2.24, 2.45) is 0 Å². The minimum absolute atomic E-state index is 0.0524. The van der Waals surface area contributed by atoms with Gasteiger partial charge in [-0.25, -0.2) is 0 Å². The molecule has 8 nitrogen and oxygen atoms in total. The number of phenolic OH excluding ortho intramolecular Hbond substituents is 1. The van der Waals surface area contributed by atoms with E-state index in [-0.39, 0.29) is 29.3 Å². The van der Waals surface area contributed by atoms with Gasteiger partial charge >= 0.3 is 5.97 Å². The van der Waals surface area contributed by atoms with Crippen LogP contribution in [0.3, 0.4) is 0 Å². The predicted molar refractivity (Wildman–Crippen MR) is 80.9 cm³/mol. The number of hydrogen-bond donors (Lipinski definition) is 4. The van der Waals surface area contributed by atoms with Gasteiger partial charge in [-0.2, -0.15) is 8.42 Å². The van der Waals surface area contributed by atoms with Gasteiger partial charge in [0.05, 0.1) is 12.1 Å². The molecule has 0 unspecified atom stereocenters. The standard InChI is InChI=1S/C14H13NO7S/c16-10-7-11(23(20,21)22)8-3-1-2-4-9(8)14(10)15-12(17)5-6-13(18)19/h1-4,7,16H,5-6H2,(H,15,17)(H,18,19)(H,20,21,22). The molecule has 0 fully saturated rings. The molecule has 2 rings (SSSR count). The van der Waals surface area contributed by atoms with E-state index in [2.05, 4.69) is 5.32 Å². The number of aliphatic carboxylic acids is 1. The number of carboxylic acids is 1. The van der Waals surface area contributed by atoms with E-state index in [0.29, 0.717) is 0 Å². The zero-order valence-electron chi connectivity index (χ0n) is 11.7. The molecule has 2 aromatic carbocycles. The Morgan fingerprint density at radius 1 is 1.09 bits per heavy atom. The molecule has 0 aromatic heterocycles. The van der Waals surface area contributed by atoms with Gasteiger partial charge < -0.3 is 15.5 Å². The predicted octanol–water partition coefficient (Wildman–Crippen LogP) is 1.60. The molecule has 2 aromatic rings. The van der Waals surface area contributed by atoms with Gasteiger partial charge in [0, 0.05) is 23.3 Å². The number of amides is 1. The zero-order valence-corrected chi connectivity index (χ0v) is 12.5. The Balaban J connectivity index is 2.52. The number of carboxylic acid groups (broad SMARTS) is 1. The number of nitrogens with one attached hydrogen (secondary N) is 1. The molecule has 0 aliphatic rings. The van der Waals surface area contributed by atoms with E-state index in [4.69, 9.17) is 5.11 Å². The lowest BCUT2D eigenvalue weighted by Gasteiger charge is -2.13. The van der Waals surface area contributed by atoms with Gasteiger partial charge in [-0.1, -0.05) is 24.3 Å². The molecule has 23 heavy (non-hydrogen) atoms. The van der Waals surface area contributed by atoms with Crippen molar-refractivity contribution >= 4 is 38.5 Å². The van der Waals surface area contributed by atoms with Crippen molar-refractivity contribution < 1.29 is 32.8 Å². The van der Waals surface area contributed by atoms with Crippen LogP contribution in [0.1, 0.15) is 12.8 Å². The van der Waals surface area contributed by atoms with Crippen molar-refractivity contribution in [3.8, 4) is 5.75 Å². The average Bonchev–Trinajstić information content (AvgIpc) is 2.46. The number of hydrogen-bond acceptors (Lipinski definition) is 5. The van der Waals surface area contributed by atoms with E-state index < -0.39 is 32.6 Å². The summed E-state index contributed by atoms with van der Waals surface area (Å²) in [6.07, 6.45) is -0.684. The van der Waals surface area contributed by atoms with Crippen LogP contribution < -0.4 is 5.32 Å². The SMILES string of the molecule is O=C(O)CCC(=O)Nc1c(O)cc(S(=O)(=O)O)c2ccccc12. The Morgan fingerprint density at radius 3 is 2.26 bits per heavy atom. The third kappa shape index (κ3) is 3.76. The summed E-state index contributed by atoms with van der Waals surface area (Å²) in [4.78, 5) is 21.7. The van der Waals surface area contributed by atoms with Crippen LogP contribution in [0.15, 0.2) is 35.2 Å². The molecule has 0 radical (unpaired) electrons. The Bertz CT molecular complexity index is 889. The monoisotopic (exact) mass is 339 g/mol. The molecular weight excluding hydrogens is 326 g/mol. The number of rotatable bonds is 5. The largest absolute Gasteiger partial charge is 0.506 e. The van der Waals surface area contributed by atoms with Crippen LogP contribution in [0.25, 0.3) is 10.8 Å². The highest BCUT2D eigenvalue weighted by Gasteiger charge is 2.20. The van der Waals surface area contributed by atoms with Gasteiger partial charge in [0.2, 0.25) is 5.91 Å². The smallest absolute Gasteiger partial charge is 0.303 e. The summed E-state index contributed by atoms with van der Waals surface area (Å²) in [5.41, 5.74) is -0.0524. The normalized spacial score (nSPS) is 11.3. The molecule has 0 saturated heterocycles. The van der Waals surface area contributed by atoms with E-state index in [1.54, 1.807) is 6.07 Å². The van der Waals surface area contributed by atoms with Crippen LogP contribution in [0.2, 0.25) is 0 Å². The van der Waals surface area contributed by atoms with Crippen LogP contribution >= 0.6 is 0 Å². The molecule has 0 aliphatic carbocycles. The lowest BCUT2D eigenvalue weighted by Crippen LogP contribution is -2.14. The topological polar surface area (TPSA) is 141 Å². The number of aromatic hydroxyl groups is 1. The van der Waals surface area contributed by atoms with E-state index in [9.17, 15) is 27.7 Å². The summed E-state index contributed by atoms with van der Waals surface area (Å²) in [5, 5.41) is 21.2. The van der Waals surface area contributed by atoms with Gasteiger partial charge in [0.15, 0.2) is 0 Å². The summed E-state index contributed by atoms with van der Waals surface area (Å²) in [5.74, 6) is -2.34. The maximum Gasteiger partial charge on any atom is 0.303 e. The molecular formula is C14H13NO7S. The van der Waals surface area contributed by atoms with Crippen LogP contribution in [-0.2, 0) is 19.7 Å². The third-order valence-electron chi connectivity index (χ3n) is 3.09. The van der Waals surface area contributed by atoms with Gasteiger partial charge in [-0.15, -0.1) is 0 Å². The first-order valence-corrected chi connectivity index (χ1v) is 7.88. The van der Waals surface area contributed by atoms with Gasteiger partial charge in [-0.3, -0.25) is 14.1 Å². The van der Waals surface area contributed by atoms with Crippen molar-refractivity contribution in [3.63, 3.8) is 0 Å². The van der Waals surface area contributed by atoms with E-state index in [1.807, 2.05) is 0 Å². The lowest BCUT2D eigenvalue weighted by molar-refractivity contribution is -0.138. The fourth-order valence-corrected chi connectivity index (χ4v) is 2.81. The second-order valence-corrected chi connectivity index (χ2v) is 6.12. The molecule has 0 spiro atoms. The summed E-state index contributed by atoms with van der Waals surface area (Å²) < 4.78 is 32.0. The molecule has 0 saturated carbocycles. The van der Waals surface area contributed by atoms with Gasteiger partial charge in [0.25, 0.3) is 10.1 Å². The van der Waals surface area contributed by atoms with Crippen molar-refractivity contribution in [2.75, 3.05) is 5.32 Å². The summed E-state index contributed by atoms with van der Waals surface area (Å²) in [6.45, 7) is 0. The lowest BCUT2D eigenvalue weighted by atomic mass is 10.1. The zero-order chi connectivity index (χ0) is 17.2. The average molecular weight is 339 g/mol.